The summed E-state index contributed by atoms with van der Waals surface area (Å²) in [6, 6.07) is 0. The first kappa shape index (κ1) is 50.9. The number of phosphoric acid groups is 1. The van der Waals surface area contributed by atoms with Crippen molar-refractivity contribution >= 4 is 19.8 Å². The number of aliphatic hydroxyl groups is 3. The van der Waals surface area contributed by atoms with Crippen molar-refractivity contribution in [2.45, 2.75) is 167 Å². The fraction of sp³-hybridized carbons (Fsp3) is 0.756. The van der Waals surface area contributed by atoms with Gasteiger partial charge in [-0.05, 0) is 50.9 Å². The molecule has 0 rings (SSSR count). The highest BCUT2D eigenvalue weighted by Gasteiger charge is 2.27. The summed E-state index contributed by atoms with van der Waals surface area (Å²) in [6.07, 6.45) is 31.2. The van der Waals surface area contributed by atoms with Crippen LogP contribution in [0.4, 0.5) is 0 Å². The third kappa shape index (κ3) is 35.4. The van der Waals surface area contributed by atoms with E-state index in [2.05, 4.69) is 37.4 Å². The topological polar surface area (TPSA) is 169 Å². The lowest BCUT2D eigenvalue weighted by molar-refractivity contribution is -0.161. The molecule has 308 valence electrons. The molecule has 53 heavy (non-hydrogen) atoms. The number of allylic oxidation sites excluding steroid dienone is 6. The van der Waals surface area contributed by atoms with Crippen LogP contribution in [0.5, 0.6) is 0 Å². The van der Waals surface area contributed by atoms with E-state index < -0.39 is 57.9 Å². The van der Waals surface area contributed by atoms with Gasteiger partial charge >= 0.3 is 19.8 Å². The Hall–Kier alpha value is -2.11. The predicted molar refractivity (Wildman–Crippen MR) is 211 cm³/mol. The summed E-state index contributed by atoms with van der Waals surface area (Å²) in [6.45, 7) is 4.46. The van der Waals surface area contributed by atoms with E-state index in [4.69, 9.17) is 19.1 Å². The molecule has 0 aliphatic heterocycles. The maximum atomic E-state index is 12.6. The summed E-state index contributed by atoms with van der Waals surface area (Å²) in [5.74, 6) is -0.263. The van der Waals surface area contributed by atoms with E-state index in [1.54, 1.807) is 12.2 Å². The lowest BCUT2D eigenvalue weighted by atomic mass is 9.99. The van der Waals surface area contributed by atoms with E-state index in [1.807, 2.05) is 24.3 Å². The molecule has 0 aromatic rings. The first-order chi connectivity index (χ1) is 25.5. The summed E-state index contributed by atoms with van der Waals surface area (Å²) in [4.78, 5) is 34.9. The average molecular weight is 773 g/mol. The van der Waals surface area contributed by atoms with Crippen LogP contribution >= 0.6 is 7.82 Å². The van der Waals surface area contributed by atoms with Gasteiger partial charge in [0.15, 0.2) is 6.10 Å². The summed E-state index contributed by atoms with van der Waals surface area (Å²) in [5, 5.41) is 28.4. The standard InChI is InChI=1S/C41H73O11P/c1-4-6-7-8-9-10-14-18-23-28-37(43)29-24-19-16-21-25-30-40(45)49-34-39(35-51-53(47,48)50-33-38(44)32-42)52-41(46)31-26-20-15-12-11-13-17-22-27-36(3)5-2/h9-10,16,18-19,23-24,29,36-39,42-44H,4-8,11-15,17,20-22,25-28,30-35H2,1-3H3,(H,47,48)/b10-9-,19-16+,23-18-,29-24-/t36?,37?,38-,39+/m0/s1. The molecule has 0 heterocycles. The molecule has 0 saturated heterocycles. The quantitative estimate of drug-likeness (QED) is 0.0158. The van der Waals surface area contributed by atoms with Crippen LogP contribution in [0.25, 0.3) is 0 Å². The number of carbonyl (C=O) groups is 2. The molecule has 0 bridgehead atoms. The number of carbonyl (C=O) groups excluding carboxylic acids is 2. The second kappa shape index (κ2) is 35.6. The molecule has 0 fully saturated rings. The lowest BCUT2D eigenvalue weighted by Gasteiger charge is -2.20. The molecular formula is C41H73O11P. The summed E-state index contributed by atoms with van der Waals surface area (Å²) >= 11 is 0. The highest BCUT2D eigenvalue weighted by molar-refractivity contribution is 7.47. The van der Waals surface area contributed by atoms with Gasteiger partial charge in [-0.15, -0.1) is 0 Å². The van der Waals surface area contributed by atoms with Crippen LogP contribution in [0.15, 0.2) is 48.6 Å². The van der Waals surface area contributed by atoms with E-state index in [1.165, 1.54) is 57.8 Å². The minimum Gasteiger partial charge on any atom is -0.462 e. The number of phosphoric ester groups is 1. The number of hydrogen-bond donors (Lipinski definition) is 4. The van der Waals surface area contributed by atoms with Gasteiger partial charge in [0.25, 0.3) is 0 Å². The zero-order valence-corrected chi connectivity index (χ0v) is 33.9. The zero-order chi connectivity index (χ0) is 39.4. The van der Waals surface area contributed by atoms with Crippen LogP contribution in [0.1, 0.15) is 149 Å². The van der Waals surface area contributed by atoms with Crippen molar-refractivity contribution in [3.05, 3.63) is 48.6 Å². The number of rotatable bonds is 36. The third-order valence-electron chi connectivity index (χ3n) is 8.61. The Morgan fingerprint density at radius 2 is 1.36 bits per heavy atom. The Bertz CT molecular complexity index is 1060. The molecule has 0 saturated carbocycles. The molecule has 5 atom stereocenters. The SMILES string of the molecule is CCCCC/C=C\C/C=C\CC(O)/C=C\C=C\CCCC(=O)OC[C@H](COP(=O)(O)OC[C@@H](O)CO)OC(=O)CCCCCCCCCCC(C)CC. The molecule has 3 unspecified atom stereocenters. The van der Waals surface area contributed by atoms with Crippen molar-refractivity contribution in [2.75, 3.05) is 26.4 Å². The van der Waals surface area contributed by atoms with Crippen LogP contribution < -0.4 is 0 Å². The third-order valence-corrected chi connectivity index (χ3v) is 9.56. The van der Waals surface area contributed by atoms with Crippen LogP contribution in [0, 0.1) is 5.92 Å². The van der Waals surface area contributed by atoms with Gasteiger partial charge in [0.05, 0.1) is 25.9 Å². The van der Waals surface area contributed by atoms with Crippen molar-refractivity contribution in [1.82, 2.24) is 0 Å². The molecule has 0 spiro atoms. The molecule has 0 aliphatic carbocycles. The molecule has 0 amide bonds. The van der Waals surface area contributed by atoms with Crippen LogP contribution in [0.3, 0.4) is 0 Å². The highest BCUT2D eigenvalue weighted by Crippen LogP contribution is 2.43. The summed E-state index contributed by atoms with van der Waals surface area (Å²) < 4.78 is 32.5. The first-order valence-electron chi connectivity index (χ1n) is 20.1. The fourth-order valence-corrected chi connectivity index (χ4v) is 5.83. The van der Waals surface area contributed by atoms with Gasteiger partial charge in [-0.3, -0.25) is 18.6 Å². The summed E-state index contributed by atoms with van der Waals surface area (Å²) in [5.41, 5.74) is 0. The van der Waals surface area contributed by atoms with Gasteiger partial charge in [-0.25, -0.2) is 4.57 Å². The molecule has 0 aromatic heterocycles. The maximum Gasteiger partial charge on any atom is 0.472 e. The van der Waals surface area contributed by atoms with Crippen LogP contribution in [-0.2, 0) is 32.7 Å². The Labute approximate surface area is 320 Å². The first-order valence-corrected chi connectivity index (χ1v) is 21.6. The number of hydrogen-bond acceptors (Lipinski definition) is 10. The molecule has 0 aromatic carbocycles. The molecular weight excluding hydrogens is 699 g/mol. The van der Waals surface area contributed by atoms with Gasteiger partial charge in [-0.1, -0.05) is 140 Å². The summed E-state index contributed by atoms with van der Waals surface area (Å²) in [7, 11) is -4.64. The monoisotopic (exact) mass is 772 g/mol. The van der Waals surface area contributed by atoms with Crippen molar-refractivity contribution in [1.29, 1.82) is 0 Å². The molecule has 12 heteroatoms. The molecule has 0 radical (unpaired) electrons. The number of ether oxygens (including phenoxy) is 2. The Morgan fingerprint density at radius 3 is 2.06 bits per heavy atom. The Morgan fingerprint density at radius 1 is 0.717 bits per heavy atom. The Kier molecular flexibility index (Phi) is 34.2. The number of esters is 2. The van der Waals surface area contributed by atoms with Crippen molar-refractivity contribution in [3.63, 3.8) is 0 Å². The average Bonchev–Trinajstić information content (AvgIpc) is 3.14. The number of unbranched alkanes of at least 4 members (excludes halogenated alkanes) is 11. The van der Waals surface area contributed by atoms with E-state index in [0.717, 1.165) is 38.0 Å². The molecule has 11 nitrogen and oxygen atoms in total. The minimum absolute atomic E-state index is 0.106. The van der Waals surface area contributed by atoms with Gasteiger partial charge in [0.2, 0.25) is 0 Å². The van der Waals surface area contributed by atoms with E-state index in [9.17, 15) is 29.3 Å². The Balaban J connectivity index is 4.54. The largest absolute Gasteiger partial charge is 0.472 e. The second-order valence-electron chi connectivity index (χ2n) is 13.8. The van der Waals surface area contributed by atoms with Gasteiger partial charge in [0.1, 0.15) is 12.7 Å². The van der Waals surface area contributed by atoms with Crippen molar-refractivity contribution < 1.29 is 52.9 Å². The van der Waals surface area contributed by atoms with Crippen LogP contribution in [-0.4, -0.2) is 76.9 Å². The highest BCUT2D eigenvalue weighted by atomic mass is 31.2. The lowest BCUT2D eigenvalue weighted by Crippen LogP contribution is -2.29. The zero-order valence-electron chi connectivity index (χ0n) is 33.0. The minimum atomic E-state index is -4.64. The smallest absolute Gasteiger partial charge is 0.462 e. The number of aliphatic hydroxyl groups excluding tert-OH is 3. The fourth-order valence-electron chi connectivity index (χ4n) is 5.04. The molecule has 0 aliphatic rings. The van der Waals surface area contributed by atoms with Gasteiger partial charge in [-0.2, -0.15) is 0 Å². The maximum absolute atomic E-state index is 12.6. The van der Waals surface area contributed by atoms with E-state index >= 15 is 0 Å². The van der Waals surface area contributed by atoms with Gasteiger partial charge < -0.3 is 29.7 Å². The normalized spacial score (nSPS) is 15.7. The predicted octanol–water partition coefficient (Wildman–Crippen LogP) is 8.99. The molecule has 4 N–H and O–H groups in total. The van der Waals surface area contributed by atoms with Crippen molar-refractivity contribution in [2.24, 2.45) is 5.92 Å². The second-order valence-corrected chi connectivity index (χ2v) is 15.2. The van der Waals surface area contributed by atoms with E-state index in [0.29, 0.717) is 25.7 Å². The van der Waals surface area contributed by atoms with Crippen molar-refractivity contribution in [3.8, 4) is 0 Å². The van der Waals surface area contributed by atoms with E-state index in [-0.39, 0.29) is 19.4 Å². The van der Waals surface area contributed by atoms with Gasteiger partial charge in [0, 0.05) is 12.8 Å². The van der Waals surface area contributed by atoms with Crippen LogP contribution in [0.2, 0.25) is 0 Å².